The first-order valence-electron chi connectivity index (χ1n) is 7.54. The van der Waals surface area contributed by atoms with E-state index in [-0.39, 0.29) is 12.5 Å². The van der Waals surface area contributed by atoms with Crippen molar-refractivity contribution in [3.63, 3.8) is 0 Å². The van der Waals surface area contributed by atoms with E-state index in [2.05, 4.69) is 5.32 Å². The third kappa shape index (κ3) is 5.28. The van der Waals surface area contributed by atoms with Gasteiger partial charge in [0, 0.05) is 13.1 Å². The minimum atomic E-state index is -1.15. The van der Waals surface area contributed by atoms with Crippen molar-refractivity contribution in [1.82, 2.24) is 10.2 Å². The summed E-state index contributed by atoms with van der Waals surface area (Å²) in [7, 11) is 0. The van der Waals surface area contributed by atoms with Crippen LogP contribution in [0.4, 0.5) is 4.79 Å². The van der Waals surface area contributed by atoms with Crippen molar-refractivity contribution in [2.75, 3.05) is 13.1 Å². The number of amides is 2. The fraction of sp³-hybridized carbons (Fsp3) is 0.438. The number of carboxylic acid groups (broad SMARTS) is 1. The zero-order valence-electron chi connectivity index (χ0n) is 12.7. The Morgan fingerprint density at radius 2 is 1.83 bits per heavy atom. The van der Waals surface area contributed by atoms with Crippen molar-refractivity contribution >= 4 is 18.0 Å². The average molecular weight is 320 g/mol. The Morgan fingerprint density at radius 3 is 2.43 bits per heavy atom. The summed E-state index contributed by atoms with van der Waals surface area (Å²) in [5.41, 5.74) is 0.809. The van der Waals surface area contributed by atoms with Crippen LogP contribution in [0.2, 0.25) is 0 Å². The summed E-state index contributed by atoms with van der Waals surface area (Å²) < 4.78 is 5.04. The first kappa shape index (κ1) is 16.8. The number of hydrogen-bond acceptors (Lipinski definition) is 4. The Hall–Kier alpha value is -2.57. The van der Waals surface area contributed by atoms with E-state index < -0.39 is 24.5 Å². The van der Waals surface area contributed by atoms with Crippen molar-refractivity contribution in [1.29, 1.82) is 0 Å². The summed E-state index contributed by atoms with van der Waals surface area (Å²) in [6, 6.07) is 7.99. The summed E-state index contributed by atoms with van der Waals surface area (Å²) >= 11 is 0. The topological polar surface area (TPSA) is 95.9 Å². The molecule has 1 atom stereocenters. The molecule has 2 N–H and O–H groups in total. The highest BCUT2D eigenvalue weighted by Crippen LogP contribution is 2.11. The molecule has 1 aliphatic rings. The largest absolute Gasteiger partial charge is 0.481 e. The Labute approximate surface area is 134 Å². The van der Waals surface area contributed by atoms with Crippen molar-refractivity contribution in [2.24, 2.45) is 0 Å². The normalized spacial score (nSPS) is 15.0. The zero-order chi connectivity index (χ0) is 16.7. The maximum absolute atomic E-state index is 12.3. The number of carboxylic acids is 1. The minimum absolute atomic E-state index is 0.0599. The highest BCUT2D eigenvalue weighted by molar-refractivity contribution is 5.89. The number of rotatable bonds is 6. The van der Waals surface area contributed by atoms with Gasteiger partial charge in [-0.25, -0.2) is 4.79 Å². The average Bonchev–Trinajstić information content (AvgIpc) is 3.06. The molecule has 2 amide bonds. The molecule has 0 bridgehead atoms. The molecule has 0 aromatic heterocycles. The number of likely N-dealkylation sites (tertiary alicyclic amines) is 1. The number of aliphatic carboxylic acids is 1. The highest BCUT2D eigenvalue weighted by Gasteiger charge is 2.30. The van der Waals surface area contributed by atoms with Gasteiger partial charge in [-0.3, -0.25) is 9.59 Å². The molecule has 2 rings (SSSR count). The van der Waals surface area contributed by atoms with Crippen LogP contribution in [0.25, 0.3) is 0 Å². The van der Waals surface area contributed by atoms with Crippen LogP contribution in [-0.2, 0) is 20.9 Å². The first-order chi connectivity index (χ1) is 11.1. The van der Waals surface area contributed by atoms with Gasteiger partial charge in [0.1, 0.15) is 12.6 Å². The van der Waals surface area contributed by atoms with Gasteiger partial charge >= 0.3 is 12.1 Å². The summed E-state index contributed by atoms with van der Waals surface area (Å²) in [6.07, 6.45) is 0.525. The van der Waals surface area contributed by atoms with Crippen molar-refractivity contribution < 1.29 is 24.2 Å². The minimum Gasteiger partial charge on any atom is -0.481 e. The highest BCUT2D eigenvalue weighted by atomic mass is 16.5. The number of alkyl carbamates (subject to hydrolysis) is 1. The van der Waals surface area contributed by atoms with E-state index >= 15 is 0 Å². The SMILES string of the molecule is O=C(O)CC(NC(=O)OCc1ccccc1)C(=O)N1CCCC1. The van der Waals surface area contributed by atoms with E-state index in [0.29, 0.717) is 13.1 Å². The van der Waals surface area contributed by atoms with Crippen molar-refractivity contribution in [3.8, 4) is 0 Å². The van der Waals surface area contributed by atoms with E-state index in [9.17, 15) is 14.4 Å². The predicted molar refractivity (Wildman–Crippen MR) is 81.6 cm³/mol. The van der Waals surface area contributed by atoms with Gasteiger partial charge in [0.2, 0.25) is 5.91 Å². The molecule has 0 saturated carbocycles. The van der Waals surface area contributed by atoms with Crippen LogP contribution in [0.5, 0.6) is 0 Å². The molecule has 1 fully saturated rings. The molecule has 1 saturated heterocycles. The number of carbonyl (C=O) groups excluding carboxylic acids is 2. The molecule has 1 heterocycles. The van der Waals surface area contributed by atoms with Gasteiger partial charge in [-0.1, -0.05) is 30.3 Å². The summed E-state index contributed by atoms with van der Waals surface area (Å²) in [6.45, 7) is 1.25. The molecule has 1 aliphatic heterocycles. The molecule has 0 aliphatic carbocycles. The van der Waals surface area contributed by atoms with Gasteiger partial charge in [0.05, 0.1) is 6.42 Å². The van der Waals surface area contributed by atoms with E-state index in [4.69, 9.17) is 9.84 Å². The molecule has 124 valence electrons. The quantitative estimate of drug-likeness (QED) is 0.825. The lowest BCUT2D eigenvalue weighted by Gasteiger charge is -2.22. The number of carbonyl (C=O) groups is 3. The lowest BCUT2D eigenvalue weighted by molar-refractivity contribution is -0.142. The summed E-state index contributed by atoms with van der Waals surface area (Å²) in [4.78, 5) is 36.6. The van der Waals surface area contributed by atoms with Crippen LogP contribution in [0, 0.1) is 0 Å². The van der Waals surface area contributed by atoms with Gasteiger partial charge in [0.25, 0.3) is 0 Å². The van der Waals surface area contributed by atoms with Crippen LogP contribution in [0.1, 0.15) is 24.8 Å². The molecular formula is C16H20N2O5. The Morgan fingerprint density at radius 1 is 1.17 bits per heavy atom. The molecule has 0 radical (unpaired) electrons. The van der Waals surface area contributed by atoms with Gasteiger partial charge in [-0.2, -0.15) is 0 Å². The lowest BCUT2D eigenvalue weighted by Crippen LogP contribution is -2.48. The molecule has 1 unspecified atom stereocenters. The molecule has 1 aromatic carbocycles. The number of hydrogen-bond donors (Lipinski definition) is 2. The zero-order valence-corrected chi connectivity index (χ0v) is 12.7. The van der Waals surface area contributed by atoms with E-state index in [1.807, 2.05) is 18.2 Å². The molecule has 7 heteroatoms. The van der Waals surface area contributed by atoms with Crippen LogP contribution < -0.4 is 5.32 Å². The van der Waals surface area contributed by atoms with Crippen molar-refractivity contribution in [3.05, 3.63) is 35.9 Å². The molecule has 0 spiro atoms. The van der Waals surface area contributed by atoms with E-state index in [1.165, 1.54) is 0 Å². The Balaban J connectivity index is 1.89. The van der Waals surface area contributed by atoms with Gasteiger partial charge in [-0.05, 0) is 18.4 Å². The Bertz CT molecular complexity index is 555. The van der Waals surface area contributed by atoms with E-state index in [0.717, 1.165) is 18.4 Å². The van der Waals surface area contributed by atoms with Gasteiger partial charge < -0.3 is 20.1 Å². The fourth-order valence-corrected chi connectivity index (χ4v) is 2.44. The van der Waals surface area contributed by atoms with Crippen LogP contribution in [-0.4, -0.2) is 47.1 Å². The second-order valence-electron chi connectivity index (χ2n) is 5.39. The van der Waals surface area contributed by atoms with Crippen LogP contribution in [0.15, 0.2) is 30.3 Å². The smallest absolute Gasteiger partial charge is 0.408 e. The summed E-state index contributed by atoms with van der Waals surface area (Å²) in [5.74, 6) is -1.52. The van der Waals surface area contributed by atoms with E-state index in [1.54, 1.807) is 17.0 Å². The molecular weight excluding hydrogens is 300 g/mol. The number of benzene rings is 1. The number of nitrogens with zero attached hydrogens (tertiary/aromatic N) is 1. The van der Waals surface area contributed by atoms with Crippen LogP contribution >= 0.6 is 0 Å². The third-order valence-corrected chi connectivity index (χ3v) is 3.60. The van der Waals surface area contributed by atoms with Gasteiger partial charge in [-0.15, -0.1) is 0 Å². The number of ether oxygens (including phenoxy) is 1. The maximum atomic E-state index is 12.3. The van der Waals surface area contributed by atoms with Crippen LogP contribution in [0.3, 0.4) is 0 Å². The second-order valence-corrected chi connectivity index (χ2v) is 5.39. The predicted octanol–water partition coefficient (Wildman–Crippen LogP) is 1.38. The van der Waals surface area contributed by atoms with Crippen molar-refractivity contribution in [2.45, 2.75) is 31.9 Å². The summed E-state index contributed by atoms with van der Waals surface area (Å²) in [5, 5.41) is 11.3. The Kier molecular flexibility index (Phi) is 5.96. The second kappa shape index (κ2) is 8.17. The monoisotopic (exact) mass is 320 g/mol. The third-order valence-electron chi connectivity index (χ3n) is 3.60. The fourth-order valence-electron chi connectivity index (χ4n) is 2.44. The first-order valence-corrected chi connectivity index (χ1v) is 7.54. The molecule has 23 heavy (non-hydrogen) atoms. The van der Waals surface area contributed by atoms with Gasteiger partial charge in [0.15, 0.2) is 0 Å². The lowest BCUT2D eigenvalue weighted by atomic mass is 10.2. The molecule has 7 nitrogen and oxygen atoms in total. The maximum Gasteiger partial charge on any atom is 0.408 e. The molecule has 1 aromatic rings. The standard InChI is InChI=1S/C16H20N2O5/c19-14(20)10-13(15(21)18-8-4-5-9-18)17-16(22)23-11-12-6-2-1-3-7-12/h1-3,6-7,13H,4-5,8-11H2,(H,17,22)(H,19,20). The number of nitrogens with one attached hydrogen (secondary N) is 1.